The number of aromatic nitrogens is 2. The molecule has 0 unspecified atom stereocenters. The number of nitrogens with one attached hydrogen (secondary N) is 1. The van der Waals surface area contributed by atoms with Crippen molar-refractivity contribution in [1.82, 2.24) is 14.3 Å². The minimum atomic E-state index is -3.62. The van der Waals surface area contributed by atoms with Gasteiger partial charge in [-0.1, -0.05) is 0 Å². The molecule has 0 aromatic carbocycles. The molecule has 0 spiro atoms. The van der Waals surface area contributed by atoms with Crippen molar-refractivity contribution in [3.8, 4) is 0 Å². The van der Waals surface area contributed by atoms with Crippen molar-refractivity contribution < 1.29 is 18.3 Å². The van der Waals surface area contributed by atoms with E-state index >= 15 is 0 Å². The highest BCUT2D eigenvalue weighted by Gasteiger charge is 2.41. The molecule has 1 fully saturated rings. The van der Waals surface area contributed by atoms with Crippen LogP contribution in [0.2, 0.25) is 0 Å². The second kappa shape index (κ2) is 3.31. The summed E-state index contributed by atoms with van der Waals surface area (Å²) in [6, 6.07) is 0. The SMILES string of the molecule is O=C(O)C1CN(S(=O)(=O)c2ncc[nH]2)C1. The molecule has 0 bridgehead atoms. The fraction of sp³-hybridized carbons (Fsp3) is 0.429. The van der Waals surface area contributed by atoms with E-state index in [0.717, 1.165) is 4.31 Å². The first-order chi connectivity index (χ1) is 7.01. The van der Waals surface area contributed by atoms with E-state index in [0.29, 0.717) is 0 Å². The van der Waals surface area contributed by atoms with Gasteiger partial charge in [0, 0.05) is 25.5 Å². The molecule has 15 heavy (non-hydrogen) atoms. The number of carboxylic acid groups (broad SMARTS) is 1. The molecule has 0 aliphatic carbocycles. The summed E-state index contributed by atoms with van der Waals surface area (Å²) in [5, 5.41) is 8.46. The first-order valence-electron chi connectivity index (χ1n) is 4.24. The average Bonchev–Trinajstić information content (AvgIpc) is 2.50. The predicted molar refractivity (Wildman–Crippen MR) is 48.5 cm³/mol. The van der Waals surface area contributed by atoms with Gasteiger partial charge in [0.15, 0.2) is 0 Å². The fourth-order valence-corrected chi connectivity index (χ4v) is 2.71. The van der Waals surface area contributed by atoms with Gasteiger partial charge in [0.1, 0.15) is 0 Å². The molecule has 2 rings (SSSR count). The Labute approximate surface area is 85.8 Å². The third-order valence-electron chi connectivity index (χ3n) is 2.25. The van der Waals surface area contributed by atoms with Gasteiger partial charge in [-0.05, 0) is 0 Å². The molecule has 0 atom stereocenters. The van der Waals surface area contributed by atoms with E-state index < -0.39 is 21.9 Å². The number of H-pyrrole nitrogens is 1. The molecular weight excluding hydrogens is 222 g/mol. The van der Waals surface area contributed by atoms with Crippen LogP contribution in [-0.2, 0) is 14.8 Å². The lowest BCUT2D eigenvalue weighted by molar-refractivity contribution is -0.145. The number of hydrogen-bond donors (Lipinski definition) is 2. The second-order valence-electron chi connectivity index (χ2n) is 3.25. The lowest BCUT2D eigenvalue weighted by atomic mass is 10.0. The van der Waals surface area contributed by atoms with E-state index in [1.54, 1.807) is 0 Å². The minimum absolute atomic E-state index is 0.0123. The van der Waals surface area contributed by atoms with Gasteiger partial charge in [0.25, 0.3) is 10.0 Å². The van der Waals surface area contributed by atoms with E-state index in [9.17, 15) is 13.2 Å². The highest BCUT2D eigenvalue weighted by atomic mass is 32.2. The molecule has 7 nitrogen and oxygen atoms in total. The number of carboxylic acids is 1. The first-order valence-corrected chi connectivity index (χ1v) is 5.68. The van der Waals surface area contributed by atoms with Crippen LogP contribution in [-0.4, -0.2) is 46.9 Å². The van der Waals surface area contributed by atoms with E-state index in [4.69, 9.17) is 5.11 Å². The van der Waals surface area contributed by atoms with Crippen LogP contribution in [0, 0.1) is 5.92 Å². The van der Waals surface area contributed by atoms with Crippen LogP contribution in [0.5, 0.6) is 0 Å². The van der Waals surface area contributed by atoms with E-state index in [1.807, 2.05) is 0 Å². The Kier molecular flexibility index (Phi) is 2.24. The summed E-state index contributed by atoms with van der Waals surface area (Å²) in [7, 11) is -3.62. The van der Waals surface area contributed by atoms with Crippen molar-refractivity contribution >= 4 is 16.0 Å². The summed E-state index contributed by atoms with van der Waals surface area (Å²) in [5.74, 6) is -1.57. The normalized spacial score (nSPS) is 18.7. The van der Waals surface area contributed by atoms with Crippen LogP contribution >= 0.6 is 0 Å². The molecular formula is C7H9N3O4S. The van der Waals surface area contributed by atoms with Crippen molar-refractivity contribution in [1.29, 1.82) is 0 Å². The average molecular weight is 231 g/mol. The summed E-state index contributed by atoms with van der Waals surface area (Å²) in [6.45, 7) is 0.0245. The molecule has 2 heterocycles. The standard InChI is InChI=1S/C7H9N3O4S/c11-6(12)5-3-10(4-5)15(13,14)7-8-1-2-9-7/h1-2,5H,3-4H2,(H,8,9)(H,11,12). The van der Waals surface area contributed by atoms with Crippen molar-refractivity contribution in [2.75, 3.05) is 13.1 Å². The number of carbonyl (C=O) groups is 1. The number of nitrogens with zero attached hydrogens (tertiary/aromatic N) is 2. The van der Waals surface area contributed by atoms with Crippen LogP contribution < -0.4 is 0 Å². The van der Waals surface area contributed by atoms with Crippen molar-refractivity contribution in [2.45, 2.75) is 5.16 Å². The van der Waals surface area contributed by atoms with Crippen LogP contribution in [0.3, 0.4) is 0 Å². The molecule has 82 valence electrons. The summed E-state index contributed by atoms with van der Waals surface area (Å²) in [5.41, 5.74) is 0. The lowest BCUT2D eigenvalue weighted by Gasteiger charge is -2.34. The molecule has 1 aromatic rings. The number of sulfonamides is 1. The summed E-state index contributed by atoms with van der Waals surface area (Å²) in [6.07, 6.45) is 2.74. The topological polar surface area (TPSA) is 103 Å². The van der Waals surface area contributed by atoms with Crippen LogP contribution in [0.25, 0.3) is 0 Å². The molecule has 1 aliphatic rings. The van der Waals surface area contributed by atoms with Gasteiger partial charge in [-0.15, -0.1) is 0 Å². The second-order valence-corrected chi connectivity index (χ2v) is 5.10. The van der Waals surface area contributed by atoms with E-state index in [1.165, 1.54) is 12.4 Å². The summed E-state index contributed by atoms with van der Waals surface area (Å²) >= 11 is 0. The third-order valence-corrected chi connectivity index (χ3v) is 3.94. The maximum absolute atomic E-state index is 11.7. The van der Waals surface area contributed by atoms with Gasteiger partial charge in [-0.2, -0.15) is 4.31 Å². The van der Waals surface area contributed by atoms with Gasteiger partial charge in [0.05, 0.1) is 5.92 Å². The number of aliphatic carboxylic acids is 1. The number of hydrogen-bond acceptors (Lipinski definition) is 4. The Balaban J connectivity index is 2.11. The fourth-order valence-electron chi connectivity index (χ4n) is 1.30. The zero-order valence-corrected chi connectivity index (χ0v) is 8.44. The molecule has 0 radical (unpaired) electrons. The Morgan fingerprint density at radius 3 is 2.73 bits per heavy atom. The van der Waals surface area contributed by atoms with Crippen molar-refractivity contribution in [3.05, 3.63) is 12.4 Å². The van der Waals surface area contributed by atoms with Crippen LogP contribution in [0.1, 0.15) is 0 Å². The maximum Gasteiger partial charge on any atom is 0.309 e. The van der Waals surface area contributed by atoms with E-state index in [-0.39, 0.29) is 18.2 Å². The van der Waals surface area contributed by atoms with E-state index in [2.05, 4.69) is 9.97 Å². The molecule has 1 saturated heterocycles. The maximum atomic E-state index is 11.7. The first kappa shape index (κ1) is 10.1. The summed E-state index contributed by atoms with van der Waals surface area (Å²) < 4.78 is 24.5. The zero-order valence-electron chi connectivity index (χ0n) is 7.62. The van der Waals surface area contributed by atoms with Gasteiger partial charge in [-0.3, -0.25) is 4.79 Å². The number of aromatic amines is 1. The lowest BCUT2D eigenvalue weighted by Crippen LogP contribution is -2.53. The minimum Gasteiger partial charge on any atom is -0.481 e. The van der Waals surface area contributed by atoms with Crippen molar-refractivity contribution in [3.63, 3.8) is 0 Å². The van der Waals surface area contributed by atoms with Gasteiger partial charge in [0.2, 0.25) is 5.16 Å². The summed E-state index contributed by atoms with van der Waals surface area (Å²) in [4.78, 5) is 16.6. The monoisotopic (exact) mass is 231 g/mol. The Morgan fingerprint density at radius 1 is 1.60 bits per heavy atom. The Bertz CT molecular complexity index is 460. The molecule has 2 N–H and O–H groups in total. The molecule has 0 saturated carbocycles. The quantitative estimate of drug-likeness (QED) is 0.702. The Hall–Kier alpha value is -1.41. The van der Waals surface area contributed by atoms with Crippen LogP contribution in [0.15, 0.2) is 17.6 Å². The highest BCUT2D eigenvalue weighted by Crippen LogP contribution is 2.22. The molecule has 1 aliphatic heterocycles. The predicted octanol–water partition coefficient (Wildman–Crippen LogP) is -0.885. The Morgan fingerprint density at radius 2 is 2.27 bits per heavy atom. The smallest absolute Gasteiger partial charge is 0.309 e. The number of imidazole rings is 1. The van der Waals surface area contributed by atoms with Gasteiger partial charge < -0.3 is 10.1 Å². The third kappa shape index (κ3) is 1.61. The highest BCUT2D eigenvalue weighted by molar-refractivity contribution is 7.89. The molecule has 8 heteroatoms. The van der Waals surface area contributed by atoms with Crippen LogP contribution in [0.4, 0.5) is 0 Å². The van der Waals surface area contributed by atoms with Crippen molar-refractivity contribution in [2.24, 2.45) is 5.92 Å². The molecule has 0 amide bonds. The molecule has 1 aromatic heterocycles. The largest absolute Gasteiger partial charge is 0.481 e. The number of rotatable bonds is 3. The van der Waals surface area contributed by atoms with Gasteiger partial charge in [-0.25, -0.2) is 13.4 Å². The van der Waals surface area contributed by atoms with Gasteiger partial charge >= 0.3 is 5.97 Å². The zero-order chi connectivity index (χ0) is 11.1.